The van der Waals surface area contributed by atoms with Crippen LogP contribution in [-0.2, 0) is 6.54 Å². The van der Waals surface area contributed by atoms with E-state index in [-0.39, 0.29) is 5.56 Å². The van der Waals surface area contributed by atoms with Gasteiger partial charge in [-0.1, -0.05) is 30.3 Å². The first-order valence-electron chi connectivity index (χ1n) is 6.48. The minimum atomic E-state index is -2.71. The number of nitrogens with one attached hydrogen (secondary N) is 1. The van der Waals surface area contributed by atoms with Crippen LogP contribution in [0.5, 0.6) is 0 Å². The van der Waals surface area contributed by atoms with E-state index in [0.29, 0.717) is 23.3 Å². The SMILES string of the molecule is Cc1nn(Cc2ccccc2)c2[nH]c(=O)cc(C(F)F)c12. The predicted molar refractivity (Wildman–Crippen MR) is 75.6 cm³/mol. The number of nitrogens with zero attached hydrogens (tertiary/aromatic N) is 2. The number of rotatable bonds is 3. The summed E-state index contributed by atoms with van der Waals surface area (Å²) in [6.45, 7) is 2.07. The third-order valence-electron chi connectivity index (χ3n) is 3.35. The highest BCUT2D eigenvalue weighted by atomic mass is 19.3. The molecule has 0 aliphatic rings. The number of hydrogen-bond donors (Lipinski definition) is 1. The van der Waals surface area contributed by atoms with E-state index in [9.17, 15) is 13.6 Å². The maximum atomic E-state index is 13.1. The molecule has 3 rings (SSSR count). The van der Waals surface area contributed by atoms with Gasteiger partial charge in [0.15, 0.2) is 0 Å². The van der Waals surface area contributed by atoms with Crippen LogP contribution in [0.2, 0.25) is 0 Å². The van der Waals surface area contributed by atoms with Crippen molar-refractivity contribution >= 4 is 11.0 Å². The number of benzene rings is 1. The number of halogens is 2. The summed E-state index contributed by atoms with van der Waals surface area (Å²) < 4.78 is 27.8. The maximum Gasteiger partial charge on any atom is 0.264 e. The summed E-state index contributed by atoms with van der Waals surface area (Å²) in [6, 6.07) is 10.4. The number of aryl methyl sites for hydroxylation is 1. The zero-order valence-electron chi connectivity index (χ0n) is 11.3. The van der Waals surface area contributed by atoms with Gasteiger partial charge in [-0.25, -0.2) is 13.5 Å². The van der Waals surface area contributed by atoms with Crippen molar-refractivity contribution in [2.24, 2.45) is 0 Å². The van der Waals surface area contributed by atoms with E-state index < -0.39 is 12.0 Å². The van der Waals surface area contributed by atoms with Crippen LogP contribution >= 0.6 is 0 Å². The number of alkyl halides is 2. The highest BCUT2D eigenvalue weighted by molar-refractivity contribution is 5.82. The first kappa shape index (κ1) is 13.5. The van der Waals surface area contributed by atoms with Gasteiger partial charge in [0, 0.05) is 17.0 Å². The van der Waals surface area contributed by atoms with Crippen LogP contribution in [0, 0.1) is 6.92 Å². The van der Waals surface area contributed by atoms with E-state index in [1.807, 2.05) is 30.3 Å². The molecule has 0 aliphatic carbocycles. The molecule has 0 atom stereocenters. The molecule has 1 N–H and O–H groups in total. The van der Waals surface area contributed by atoms with E-state index in [4.69, 9.17) is 0 Å². The van der Waals surface area contributed by atoms with Gasteiger partial charge in [-0.2, -0.15) is 5.10 Å². The Labute approximate surface area is 119 Å². The normalized spacial score (nSPS) is 11.4. The van der Waals surface area contributed by atoms with Gasteiger partial charge in [-0.3, -0.25) is 4.79 Å². The Balaban J connectivity index is 2.19. The van der Waals surface area contributed by atoms with Gasteiger partial charge >= 0.3 is 0 Å². The molecule has 3 aromatic rings. The van der Waals surface area contributed by atoms with Crippen molar-refractivity contribution < 1.29 is 8.78 Å². The summed E-state index contributed by atoms with van der Waals surface area (Å²) in [4.78, 5) is 14.2. The Morgan fingerprint density at radius 1 is 1.29 bits per heavy atom. The van der Waals surface area contributed by atoms with Crippen molar-refractivity contribution in [3.63, 3.8) is 0 Å². The van der Waals surface area contributed by atoms with Gasteiger partial charge in [0.2, 0.25) is 5.56 Å². The average molecular weight is 289 g/mol. The quantitative estimate of drug-likeness (QED) is 0.805. The van der Waals surface area contributed by atoms with Crippen LogP contribution in [0.25, 0.3) is 11.0 Å². The number of aromatic amines is 1. The molecule has 0 amide bonds. The van der Waals surface area contributed by atoms with Crippen LogP contribution in [0.4, 0.5) is 8.78 Å². The second-order valence-corrected chi connectivity index (χ2v) is 4.84. The number of pyridine rings is 1. The highest BCUT2D eigenvalue weighted by Gasteiger charge is 2.19. The standard InChI is InChI=1S/C15H13F2N3O/c1-9-13-11(14(16)17)7-12(21)18-15(13)20(19-9)8-10-5-3-2-4-6-10/h2-7,14H,8H2,1H3,(H,18,21). The fourth-order valence-corrected chi connectivity index (χ4v) is 2.46. The lowest BCUT2D eigenvalue weighted by Crippen LogP contribution is -2.10. The number of hydrogen-bond acceptors (Lipinski definition) is 2. The molecule has 2 aromatic heterocycles. The molecule has 0 bridgehead atoms. The zero-order valence-corrected chi connectivity index (χ0v) is 11.3. The number of aromatic nitrogens is 3. The highest BCUT2D eigenvalue weighted by Crippen LogP contribution is 2.27. The molecule has 0 fully saturated rings. The Hall–Kier alpha value is -2.50. The van der Waals surface area contributed by atoms with Gasteiger partial charge in [0.25, 0.3) is 6.43 Å². The minimum Gasteiger partial charge on any atom is -0.307 e. The van der Waals surface area contributed by atoms with Gasteiger partial charge in [-0.15, -0.1) is 0 Å². The Kier molecular flexibility index (Phi) is 3.29. The fraction of sp³-hybridized carbons (Fsp3) is 0.200. The van der Waals surface area contributed by atoms with E-state index >= 15 is 0 Å². The van der Waals surface area contributed by atoms with Crippen molar-refractivity contribution in [1.29, 1.82) is 0 Å². The molecule has 2 heterocycles. The lowest BCUT2D eigenvalue weighted by atomic mass is 10.1. The summed E-state index contributed by atoms with van der Waals surface area (Å²) in [5.41, 5.74) is 0.967. The lowest BCUT2D eigenvalue weighted by Gasteiger charge is -2.05. The molecule has 0 spiro atoms. The van der Waals surface area contributed by atoms with Crippen molar-refractivity contribution in [1.82, 2.24) is 14.8 Å². The minimum absolute atomic E-state index is 0.273. The van der Waals surface area contributed by atoms with Crippen molar-refractivity contribution in [2.45, 2.75) is 19.9 Å². The molecule has 21 heavy (non-hydrogen) atoms. The van der Waals surface area contributed by atoms with E-state index in [0.717, 1.165) is 11.6 Å². The molecule has 0 unspecified atom stereocenters. The molecule has 0 saturated heterocycles. The summed E-state index contributed by atoms with van der Waals surface area (Å²) in [5.74, 6) is 0. The van der Waals surface area contributed by atoms with Crippen LogP contribution in [0.1, 0.15) is 23.2 Å². The summed E-state index contributed by atoms with van der Waals surface area (Å²) >= 11 is 0. The monoisotopic (exact) mass is 289 g/mol. The second-order valence-electron chi connectivity index (χ2n) is 4.84. The molecule has 0 aliphatic heterocycles. The molecule has 0 radical (unpaired) electrons. The Morgan fingerprint density at radius 2 is 2.00 bits per heavy atom. The third kappa shape index (κ3) is 2.44. The van der Waals surface area contributed by atoms with Crippen molar-refractivity contribution in [3.05, 3.63) is 63.6 Å². The summed E-state index contributed by atoms with van der Waals surface area (Å²) in [6.07, 6.45) is -2.71. The topological polar surface area (TPSA) is 50.7 Å². The van der Waals surface area contributed by atoms with Crippen molar-refractivity contribution in [2.75, 3.05) is 0 Å². The van der Waals surface area contributed by atoms with Crippen molar-refractivity contribution in [3.8, 4) is 0 Å². The third-order valence-corrected chi connectivity index (χ3v) is 3.35. The van der Waals surface area contributed by atoms with E-state index in [1.165, 1.54) is 0 Å². The maximum absolute atomic E-state index is 13.1. The first-order chi connectivity index (χ1) is 10.1. The molecule has 6 heteroatoms. The molecule has 1 aromatic carbocycles. The molecular formula is C15H13F2N3O. The summed E-state index contributed by atoms with van der Waals surface area (Å²) in [7, 11) is 0. The molecule has 0 saturated carbocycles. The first-order valence-corrected chi connectivity index (χ1v) is 6.48. The van der Waals surface area contributed by atoms with Crippen LogP contribution < -0.4 is 5.56 Å². The van der Waals surface area contributed by atoms with Crippen LogP contribution in [-0.4, -0.2) is 14.8 Å². The van der Waals surface area contributed by atoms with E-state index in [2.05, 4.69) is 10.1 Å². The van der Waals surface area contributed by atoms with Crippen LogP contribution in [0.3, 0.4) is 0 Å². The van der Waals surface area contributed by atoms with Crippen LogP contribution in [0.15, 0.2) is 41.2 Å². The Bertz CT molecular complexity index is 837. The average Bonchev–Trinajstić information content (AvgIpc) is 2.75. The fourth-order valence-electron chi connectivity index (χ4n) is 2.46. The largest absolute Gasteiger partial charge is 0.307 e. The van der Waals surface area contributed by atoms with Gasteiger partial charge in [0.05, 0.1) is 12.2 Å². The van der Waals surface area contributed by atoms with Gasteiger partial charge in [0.1, 0.15) is 5.65 Å². The van der Waals surface area contributed by atoms with E-state index in [1.54, 1.807) is 11.6 Å². The Morgan fingerprint density at radius 3 is 2.67 bits per heavy atom. The molecular weight excluding hydrogens is 276 g/mol. The summed E-state index contributed by atoms with van der Waals surface area (Å²) in [5, 5.41) is 4.60. The predicted octanol–water partition coefficient (Wildman–Crippen LogP) is 3.02. The lowest BCUT2D eigenvalue weighted by molar-refractivity contribution is 0.153. The number of H-pyrrole nitrogens is 1. The number of fused-ring (bicyclic) bond motifs is 1. The van der Waals surface area contributed by atoms with Gasteiger partial charge in [-0.05, 0) is 12.5 Å². The second kappa shape index (κ2) is 5.12. The molecule has 108 valence electrons. The molecule has 4 nitrogen and oxygen atoms in total. The zero-order chi connectivity index (χ0) is 15.0. The van der Waals surface area contributed by atoms with Gasteiger partial charge < -0.3 is 4.98 Å². The smallest absolute Gasteiger partial charge is 0.264 e.